The minimum absolute atomic E-state index is 0.447. The quantitative estimate of drug-likeness (QED) is 0.787. The van der Waals surface area contributed by atoms with Gasteiger partial charge in [0.05, 0.1) is 18.0 Å². The fourth-order valence-corrected chi connectivity index (χ4v) is 1.98. The topological polar surface area (TPSA) is 56.5 Å². The molecule has 0 aromatic heterocycles. The van der Waals surface area contributed by atoms with Gasteiger partial charge in [-0.2, -0.15) is 0 Å². The van der Waals surface area contributed by atoms with Crippen LogP contribution >= 0.6 is 0 Å². The molecule has 1 heterocycles. The number of nitrogens with one attached hydrogen (secondary N) is 1. The Hall–Kier alpha value is -1.42. The number of benzene rings is 1. The molecular formula is C13H20N2O2. The molecule has 0 saturated carbocycles. The van der Waals surface area contributed by atoms with Crippen molar-refractivity contribution < 1.29 is 9.47 Å². The van der Waals surface area contributed by atoms with E-state index in [-0.39, 0.29) is 0 Å². The Morgan fingerprint density at radius 2 is 2.18 bits per heavy atom. The first-order valence-corrected chi connectivity index (χ1v) is 6.16. The van der Waals surface area contributed by atoms with E-state index in [1.54, 1.807) is 0 Å². The standard InChI is InChI=1S/C13H20N2O2/c1-2-17-11-3-4-12(14)13(9-11)15-10-5-7-16-8-6-10/h3-4,9-10,15H,2,5-8,14H2,1H3. The lowest BCUT2D eigenvalue weighted by Crippen LogP contribution is -2.28. The van der Waals surface area contributed by atoms with Crippen molar-refractivity contribution in [1.29, 1.82) is 0 Å². The summed E-state index contributed by atoms with van der Waals surface area (Å²) in [5, 5.41) is 3.46. The molecule has 4 nitrogen and oxygen atoms in total. The second-order valence-electron chi connectivity index (χ2n) is 4.21. The van der Waals surface area contributed by atoms with Gasteiger partial charge in [0.1, 0.15) is 5.75 Å². The summed E-state index contributed by atoms with van der Waals surface area (Å²) in [5.74, 6) is 0.858. The second kappa shape index (κ2) is 5.77. The summed E-state index contributed by atoms with van der Waals surface area (Å²) in [6, 6.07) is 6.19. The Morgan fingerprint density at radius 1 is 1.41 bits per heavy atom. The first-order chi connectivity index (χ1) is 8.29. The van der Waals surface area contributed by atoms with Gasteiger partial charge in [-0.3, -0.25) is 0 Å². The number of rotatable bonds is 4. The highest BCUT2D eigenvalue weighted by atomic mass is 16.5. The molecule has 1 saturated heterocycles. The van der Waals surface area contributed by atoms with Crippen molar-refractivity contribution in [2.75, 3.05) is 30.9 Å². The molecule has 1 aliphatic rings. The van der Waals surface area contributed by atoms with Gasteiger partial charge in [-0.15, -0.1) is 0 Å². The Balaban J connectivity index is 2.04. The summed E-state index contributed by atoms with van der Waals surface area (Å²) in [6.45, 7) is 4.29. The van der Waals surface area contributed by atoms with E-state index in [0.29, 0.717) is 12.6 Å². The Kier molecular flexibility index (Phi) is 4.09. The predicted octanol–water partition coefficient (Wildman–Crippen LogP) is 2.26. The van der Waals surface area contributed by atoms with Gasteiger partial charge < -0.3 is 20.5 Å². The molecule has 3 N–H and O–H groups in total. The van der Waals surface area contributed by atoms with E-state index in [1.165, 1.54) is 0 Å². The average Bonchev–Trinajstić information content (AvgIpc) is 2.35. The molecule has 0 amide bonds. The first-order valence-electron chi connectivity index (χ1n) is 6.16. The third-order valence-corrected chi connectivity index (χ3v) is 2.92. The van der Waals surface area contributed by atoms with E-state index in [0.717, 1.165) is 43.2 Å². The highest BCUT2D eigenvalue weighted by Crippen LogP contribution is 2.26. The van der Waals surface area contributed by atoms with Crippen LogP contribution in [0.3, 0.4) is 0 Å². The summed E-state index contributed by atoms with van der Waals surface area (Å²) < 4.78 is 10.8. The molecule has 0 unspecified atom stereocenters. The maximum Gasteiger partial charge on any atom is 0.121 e. The summed E-state index contributed by atoms with van der Waals surface area (Å²) in [5.41, 5.74) is 7.68. The van der Waals surface area contributed by atoms with Crippen LogP contribution in [0.1, 0.15) is 19.8 Å². The molecule has 0 spiro atoms. The van der Waals surface area contributed by atoms with Crippen molar-refractivity contribution in [3.8, 4) is 5.75 Å². The summed E-state index contributed by atoms with van der Waals surface area (Å²) >= 11 is 0. The fourth-order valence-electron chi connectivity index (χ4n) is 1.98. The van der Waals surface area contributed by atoms with E-state index in [9.17, 15) is 0 Å². The van der Waals surface area contributed by atoms with Crippen molar-refractivity contribution in [1.82, 2.24) is 0 Å². The van der Waals surface area contributed by atoms with Crippen LogP contribution in [0.25, 0.3) is 0 Å². The molecule has 0 atom stereocenters. The smallest absolute Gasteiger partial charge is 0.121 e. The number of anilines is 2. The Morgan fingerprint density at radius 3 is 2.88 bits per heavy atom. The lowest BCUT2D eigenvalue weighted by atomic mass is 10.1. The van der Waals surface area contributed by atoms with Gasteiger partial charge in [-0.05, 0) is 31.9 Å². The highest BCUT2D eigenvalue weighted by Gasteiger charge is 2.14. The molecule has 1 fully saturated rings. The van der Waals surface area contributed by atoms with Gasteiger partial charge in [0, 0.05) is 25.3 Å². The van der Waals surface area contributed by atoms with Crippen LogP contribution in [0, 0.1) is 0 Å². The molecule has 1 aromatic carbocycles. The molecule has 17 heavy (non-hydrogen) atoms. The van der Waals surface area contributed by atoms with E-state index >= 15 is 0 Å². The zero-order valence-corrected chi connectivity index (χ0v) is 10.2. The normalized spacial score (nSPS) is 16.8. The zero-order chi connectivity index (χ0) is 12.1. The van der Waals surface area contributed by atoms with Crippen molar-refractivity contribution in [3.05, 3.63) is 18.2 Å². The maximum atomic E-state index is 5.95. The monoisotopic (exact) mass is 236 g/mol. The third kappa shape index (κ3) is 3.27. The summed E-state index contributed by atoms with van der Waals surface area (Å²) in [7, 11) is 0. The van der Waals surface area contributed by atoms with Crippen LogP contribution in [0.15, 0.2) is 18.2 Å². The van der Waals surface area contributed by atoms with Gasteiger partial charge in [0.2, 0.25) is 0 Å². The van der Waals surface area contributed by atoms with Gasteiger partial charge in [-0.1, -0.05) is 0 Å². The van der Waals surface area contributed by atoms with Crippen molar-refractivity contribution in [2.45, 2.75) is 25.8 Å². The third-order valence-electron chi connectivity index (χ3n) is 2.92. The number of ether oxygens (including phenoxy) is 2. The molecule has 2 rings (SSSR count). The van der Waals surface area contributed by atoms with Crippen molar-refractivity contribution in [2.24, 2.45) is 0 Å². The molecule has 0 aliphatic carbocycles. The van der Waals surface area contributed by atoms with Gasteiger partial charge in [0.15, 0.2) is 0 Å². The number of hydrogen-bond acceptors (Lipinski definition) is 4. The molecule has 0 bridgehead atoms. The number of nitrogens with two attached hydrogens (primary N) is 1. The van der Waals surface area contributed by atoms with Crippen molar-refractivity contribution in [3.63, 3.8) is 0 Å². The molecule has 1 aromatic rings. The molecule has 4 heteroatoms. The summed E-state index contributed by atoms with van der Waals surface area (Å²) in [6.07, 6.45) is 2.05. The largest absolute Gasteiger partial charge is 0.494 e. The minimum Gasteiger partial charge on any atom is -0.494 e. The van der Waals surface area contributed by atoms with E-state index in [4.69, 9.17) is 15.2 Å². The lowest BCUT2D eigenvalue weighted by molar-refractivity contribution is 0.0904. The van der Waals surface area contributed by atoms with Crippen molar-refractivity contribution >= 4 is 11.4 Å². The second-order valence-corrected chi connectivity index (χ2v) is 4.21. The highest BCUT2D eigenvalue weighted by molar-refractivity contribution is 5.68. The average molecular weight is 236 g/mol. The molecule has 0 radical (unpaired) electrons. The van der Waals surface area contributed by atoms with Crippen LogP contribution in [0.2, 0.25) is 0 Å². The number of hydrogen-bond donors (Lipinski definition) is 2. The van der Waals surface area contributed by atoms with E-state index in [2.05, 4.69) is 5.32 Å². The molecule has 94 valence electrons. The minimum atomic E-state index is 0.447. The zero-order valence-electron chi connectivity index (χ0n) is 10.2. The Labute approximate surface area is 102 Å². The van der Waals surface area contributed by atoms with Crippen LogP contribution in [0.4, 0.5) is 11.4 Å². The van der Waals surface area contributed by atoms with Gasteiger partial charge in [-0.25, -0.2) is 0 Å². The van der Waals surface area contributed by atoms with Crippen LogP contribution in [0.5, 0.6) is 5.75 Å². The van der Waals surface area contributed by atoms with Crippen LogP contribution in [-0.4, -0.2) is 25.9 Å². The van der Waals surface area contributed by atoms with E-state index in [1.807, 2.05) is 25.1 Å². The molecule has 1 aliphatic heterocycles. The summed E-state index contributed by atoms with van der Waals surface area (Å²) in [4.78, 5) is 0. The van der Waals surface area contributed by atoms with Crippen LogP contribution in [-0.2, 0) is 4.74 Å². The van der Waals surface area contributed by atoms with E-state index < -0.39 is 0 Å². The molecular weight excluding hydrogens is 216 g/mol. The first kappa shape index (κ1) is 12.0. The Bertz CT molecular complexity index is 362. The fraction of sp³-hybridized carbons (Fsp3) is 0.538. The SMILES string of the molecule is CCOc1ccc(N)c(NC2CCOCC2)c1. The van der Waals surface area contributed by atoms with Crippen LogP contribution < -0.4 is 15.8 Å². The predicted molar refractivity (Wildman–Crippen MR) is 69.5 cm³/mol. The maximum absolute atomic E-state index is 5.95. The number of nitrogen functional groups attached to an aromatic ring is 1. The van der Waals surface area contributed by atoms with Gasteiger partial charge >= 0.3 is 0 Å². The lowest BCUT2D eigenvalue weighted by Gasteiger charge is -2.25. The van der Waals surface area contributed by atoms with Gasteiger partial charge in [0.25, 0.3) is 0 Å².